The van der Waals surface area contributed by atoms with Crippen LogP contribution in [0.1, 0.15) is 11.1 Å². The molecule has 1 aliphatic rings. The van der Waals surface area contributed by atoms with Crippen LogP contribution in [0.25, 0.3) is 0 Å². The largest absolute Gasteiger partial charge is 0.417 e. The Balaban J connectivity index is 2.29. The third-order valence-electron chi connectivity index (χ3n) is 3.07. The standard InChI is InChI=1S/C13H11F3N2O5S/c14-13(15,16)10-5-9(2-1-8(10)6-17)24(20,21)18-12(19)11-7-22-3-4-23-11/h1-2,5,11H,3-4,7H2,(H,18,19)/t11-/m1/s1. The van der Waals surface area contributed by atoms with Crippen molar-refractivity contribution in [1.82, 2.24) is 4.72 Å². The maximum Gasteiger partial charge on any atom is 0.417 e. The number of sulfonamides is 1. The smallest absolute Gasteiger partial charge is 0.376 e. The molecule has 0 bridgehead atoms. The van der Waals surface area contributed by atoms with Crippen molar-refractivity contribution < 1.29 is 35.9 Å². The number of carbonyl (C=O) groups is 1. The molecule has 1 atom stereocenters. The highest BCUT2D eigenvalue weighted by molar-refractivity contribution is 7.90. The highest BCUT2D eigenvalue weighted by Gasteiger charge is 2.35. The van der Waals surface area contributed by atoms with Crippen molar-refractivity contribution in [1.29, 1.82) is 5.26 Å². The minimum absolute atomic E-state index is 0.0905. The molecule has 7 nitrogen and oxygen atoms in total. The summed E-state index contributed by atoms with van der Waals surface area (Å²) in [4.78, 5) is 11.0. The summed E-state index contributed by atoms with van der Waals surface area (Å²) in [5.74, 6) is -1.05. The molecule has 0 spiro atoms. The molecule has 1 aromatic rings. The summed E-state index contributed by atoms with van der Waals surface area (Å²) in [6, 6.07) is 3.16. The van der Waals surface area contributed by atoms with E-state index >= 15 is 0 Å². The summed E-state index contributed by atoms with van der Waals surface area (Å²) in [5, 5.41) is 8.69. The van der Waals surface area contributed by atoms with Crippen LogP contribution in [0.15, 0.2) is 23.1 Å². The summed E-state index contributed by atoms with van der Waals surface area (Å²) < 4.78 is 74.4. The van der Waals surface area contributed by atoms with Gasteiger partial charge in [0.05, 0.1) is 41.9 Å². The maximum atomic E-state index is 12.9. The van der Waals surface area contributed by atoms with E-state index in [0.717, 1.165) is 12.1 Å². The van der Waals surface area contributed by atoms with Gasteiger partial charge in [-0.1, -0.05) is 0 Å². The molecule has 1 amide bonds. The van der Waals surface area contributed by atoms with Crippen LogP contribution < -0.4 is 4.72 Å². The van der Waals surface area contributed by atoms with Crippen LogP contribution in [0.2, 0.25) is 0 Å². The Labute approximate surface area is 135 Å². The predicted octanol–water partition coefficient (Wildman–Crippen LogP) is 0.797. The van der Waals surface area contributed by atoms with Gasteiger partial charge in [0.25, 0.3) is 15.9 Å². The fraction of sp³-hybridized carbons (Fsp3) is 0.385. The van der Waals surface area contributed by atoms with E-state index in [1.54, 1.807) is 4.72 Å². The number of nitrogens with zero attached hydrogens (tertiary/aromatic N) is 1. The number of halogens is 3. The summed E-state index contributed by atoms with van der Waals surface area (Å²) in [6.07, 6.45) is -6.09. The predicted molar refractivity (Wildman–Crippen MR) is 72.0 cm³/mol. The van der Waals surface area contributed by atoms with Crippen molar-refractivity contribution in [2.75, 3.05) is 19.8 Å². The minimum atomic E-state index is -4.92. The Bertz CT molecular complexity index is 780. The first kappa shape index (κ1) is 18.2. The van der Waals surface area contributed by atoms with Gasteiger partial charge < -0.3 is 9.47 Å². The Morgan fingerprint density at radius 3 is 2.58 bits per heavy atom. The Hall–Kier alpha value is -2.16. The summed E-state index contributed by atoms with van der Waals surface area (Å²) >= 11 is 0. The summed E-state index contributed by atoms with van der Waals surface area (Å²) in [7, 11) is -4.56. The molecule has 130 valence electrons. The van der Waals surface area contributed by atoms with Gasteiger partial charge in [-0.15, -0.1) is 0 Å². The molecule has 24 heavy (non-hydrogen) atoms. The van der Waals surface area contributed by atoms with Crippen LogP contribution in [0.4, 0.5) is 13.2 Å². The number of amides is 1. The van der Waals surface area contributed by atoms with Crippen LogP contribution in [0, 0.1) is 11.3 Å². The molecule has 1 aliphatic heterocycles. The second kappa shape index (κ2) is 6.76. The lowest BCUT2D eigenvalue weighted by Crippen LogP contribution is -2.45. The molecule has 0 saturated carbocycles. The molecular weight excluding hydrogens is 353 g/mol. The van der Waals surface area contributed by atoms with E-state index in [1.807, 2.05) is 0 Å². The molecule has 1 fully saturated rings. The van der Waals surface area contributed by atoms with Crippen LogP contribution in [0.3, 0.4) is 0 Å². The molecule has 0 aliphatic carbocycles. The molecule has 1 aromatic carbocycles. The lowest BCUT2D eigenvalue weighted by molar-refractivity contribution is -0.145. The molecule has 0 unspecified atom stereocenters. The van der Waals surface area contributed by atoms with E-state index < -0.39 is 44.2 Å². The average molecular weight is 364 g/mol. The number of hydrogen-bond acceptors (Lipinski definition) is 6. The van der Waals surface area contributed by atoms with Gasteiger partial charge >= 0.3 is 6.18 Å². The third-order valence-corrected chi connectivity index (χ3v) is 4.41. The molecular formula is C13H11F3N2O5S. The van der Waals surface area contributed by atoms with Crippen molar-refractivity contribution >= 4 is 15.9 Å². The first-order valence-electron chi connectivity index (χ1n) is 6.52. The van der Waals surface area contributed by atoms with Crippen molar-refractivity contribution in [3.63, 3.8) is 0 Å². The number of nitrogens with one attached hydrogen (secondary N) is 1. The lowest BCUT2D eigenvalue weighted by atomic mass is 10.1. The Morgan fingerprint density at radius 1 is 1.33 bits per heavy atom. The van der Waals surface area contributed by atoms with Crippen LogP contribution in [-0.4, -0.2) is 40.2 Å². The van der Waals surface area contributed by atoms with Crippen LogP contribution in [0.5, 0.6) is 0 Å². The SMILES string of the molecule is N#Cc1ccc(S(=O)(=O)NC(=O)[C@H]2COCCO2)cc1C(F)(F)F. The van der Waals surface area contributed by atoms with Gasteiger partial charge in [-0.05, 0) is 18.2 Å². The number of benzene rings is 1. The van der Waals surface area contributed by atoms with Gasteiger partial charge in [-0.3, -0.25) is 4.79 Å². The van der Waals surface area contributed by atoms with Crippen molar-refractivity contribution in [3.05, 3.63) is 29.3 Å². The molecule has 1 heterocycles. The maximum absolute atomic E-state index is 12.9. The van der Waals surface area contributed by atoms with Crippen LogP contribution >= 0.6 is 0 Å². The van der Waals surface area contributed by atoms with Crippen molar-refractivity contribution in [2.24, 2.45) is 0 Å². The fourth-order valence-corrected chi connectivity index (χ4v) is 2.95. The minimum Gasteiger partial charge on any atom is -0.376 e. The molecule has 11 heteroatoms. The lowest BCUT2D eigenvalue weighted by Gasteiger charge is -2.22. The van der Waals surface area contributed by atoms with Crippen molar-refractivity contribution in [2.45, 2.75) is 17.2 Å². The second-order valence-electron chi connectivity index (χ2n) is 4.72. The van der Waals surface area contributed by atoms with E-state index in [0.29, 0.717) is 6.07 Å². The molecule has 2 rings (SSSR count). The third kappa shape index (κ3) is 4.02. The molecule has 0 aromatic heterocycles. The topological polar surface area (TPSA) is 105 Å². The fourth-order valence-electron chi connectivity index (χ4n) is 1.92. The highest BCUT2D eigenvalue weighted by Crippen LogP contribution is 2.33. The number of nitriles is 1. The van der Waals surface area contributed by atoms with Gasteiger partial charge in [0.1, 0.15) is 0 Å². The number of alkyl halides is 3. The molecule has 1 N–H and O–H groups in total. The molecule has 1 saturated heterocycles. The van der Waals surface area contributed by atoms with E-state index in [1.165, 1.54) is 6.07 Å². The Morgan fingerprint density at radius 2 is 2.04 bits per heavy atom. The van der Waals surface area contributed by atoms with Gasteiger partial charge in [0, 0.05) is 0 Å². The first-order chi connectivity index (χ1) is 11.1. The van der Waals surface area contributed by atoms with E-state index in [-0.39, 0.29) is 19.8 Å². The van der Waals surface area contributed by atoms with Gasteiger partial charge in [0.2, 0.25) is 0 Å². The average Bonchev–Trinajstić information content (AvgIpc) is 2.53. The zero-order chi connectivity index (χ0) is 18.0. The second-order valence-corrected chi connectivity index (χ2v) is 6.40. The van der Waals surface area contributed by atoms with E-state index in [2.05, 4.69) is 0 Å². The van der Waals surface area contributed by atoms with Crippen molar-refractivity contribution in [3.8, 4) is 6.07 Å². The van der Waals surface area contributed by atoms with Gasteiger partial charge in [-0.2, -0.15) is 18.4 Å². The highest BCUT2D eigenvalue weighted by atomic mass is 32.2. The van der Waals surface area contributed by atoms with Crippen LogP contribution in [-0.2, 0) is 30.5 Å². The number of rotatable bonds is 3. The quantitative estimate of drug-likeness (QED) is 0.850. The number of hydrogen-bond donors (Lipinski definition) is 1. The summed E-state index contributed by atoms with van der Waals surface area (Å²) in [5.41, 5.74) is -2.13. The monoisotopic (exact) mass is 364 g/mol. The number of ether oxygens (including phenoxy) is 2. The Kier molecular flexibility index (Phi) is 5.12. The number of carbonyl (C=O) groups excluding carboxylic acids is 1. The summed E-state index contributed by atoms with van der Waals surface area (Å²) in [6.45, 7) is 0.177. The zero-order valence-corrected chi connectivity index (χ0v) is 12.8. The van der Waals surface area contributed by atoms with Gasteiger partial charge in [-0.25, -0.2) is 13.1 Å². The van der Waals surface area contributed by atoms with E-state index in [4.69, 9.17) is 14.7 Å². The molecule has 0 radical (unpaired) electrons. The normalized spacial score (nSPS) is 18.7. The zero-order valence-electron chi connectivity index (χ0n) is 12.0. The first-order valence-corrected chi connectivity index (χ1v) is 8.01. The van der Waals surface area contributed by atoms with Gasteiger partial charge in [0.15, 0.2) is 6.10 Å². The van der Waals surface area contributed by atoms with E-state index in [9.17, 15) is 26.4 Å².